The van der Waals surface area contributed by atoms with E-state index in [1.54, 1.807) is 6.20 Å². The molecule has 0 atom stereocenters. The molecule has 2 aromatic rings. The Morgan fingerprint density at radius 1 is 0.939 bits per heavy atom. The summed E-state index contributed by atoms with van der Waals surface area (Å²) in [6.07, 6.45) is 9.07. The Kier molecular flexibility index (Phi) is 5.00. The summed E-state index contributed by atoms with van der Waals surface area (Å²) in [6.45, 7) is 9.01. The molecule has 33 heavy (non-hydrogen) atoms. The second kappa shape index (κ2) is 8.04. The summed E-state index contributed by atoms with van der Waals surface area (Å²) < 4.78 is 0. The van der Waals surface area contributed by atoms with Gasteiger partial charge < -0.3 is 19.6 Å². The third-order valence-electron chi connectivity index (χ3n) is 7.54. The second-order valence-corrected chi connectivity index (χ2v) is 9.90. The highest BCUT2D eigenvalue weighted by atomic mass is 16.2. The van der Waals surface area contributed by atoms with Crippen molar-refractivity contribution in [2.75, 3.05) is 56.1 Å². The van der Waals surface area contributed by atoms with E-state index < -0.39 is 0 Å². The van der Waals surface area contributed by atoms with Crippen molar-refractivity contribution >= 4 is 17.4 Å². The van der Waals surface area contributed by atoms with E-state index in [-0.39, 0.29) is 5.91 Å². The minimum absolute atomic E-state index is 0.0121. The van der Waals surface area contributed by atoms with Gasteiger partial charge in [0.1, 0.15) is 17.3 Å². The van der Waals surface area contributed by atoms with E-state index in [1.807, 2.05) is 24.1 Å². The number of rotatable bonds is 5. The molecule has 2 aliphatic heterocycles. The fourth-order valence-corrected chi connectivity index (χ4v) is 5.04. The van der Waals surface area contributed by atoms with Crippen LogP contribution in [0.25, 0.3) is 0 Å². The van der Waals surface area contributed by atoms with Crippen LogP contribution in [0.2, 0.25) is 0 Å². The van der Waals surface area contributed by atoms with Crippen LogP contribution in [-0.4, -0.2) is 72.0 Å². The maximum atomic E-state index is 13.1. The molecular weight excluding hydrogens is 412 g/mol. The first-order chi connectivity index (χ1) is 16.1. The van der Waals surface area contributed by atoms with Crippen molar-refractivity contribution in [2.45, 2.75) is 37.5 Å². The maximum absolute atomic E-state index is 13.1. The molecule has 7 heteroatoms. The SMILES string of the molecule is C=C1N(C)CCN1c1ccc(C(=O)N2CCN(c3ncc(C4CC4)cc3C3CC3)CC2)nc1. The van der Waals surface area contributed by atoms with Gasteiger partial charge in [0.15, 0.2) is 0 Å². The van der Waals surface area contributed by atoms with Crippen molar-refractivity contribution in [3.05, 3.63) is 59.8 Å². The first-order valence-electron chi connectivity index (χ1n) is 12.3. The molecule has 1 amide bonds. The van der Waals surface area contributed by atoms with Crippen LogP contribution in [0.5, 0.6) is 0 Å². The standard InChI is InChI=1S/C26H32N6O/c1-18-29(2)9-14-32(18)22-7-8-24(27-17-22)26(33)31-12-10-30(11-13-31)25-23(20-5-6-20)15-21(16-28-25)19-3-4-19/h7-8,15-17,19-20H,1,3-6,9-14H2,2H3. The molecule has 4 fully saturated rings. The van der Waals surface area contributed by atoms with Crippen molar-refractivity contribution in [1.29, 1.82) is 0 Å². The first kappa shape index (κ1) is 20.5. The van der Waals surface area contributed by atoms with Gasteiger partial charge in [-0.15, -0.1) is 0 Å². The summed E-state index contributed by atoms with van der Waals surface area (Å²) in [5.41, 5.74) is 4.36. The Hall–Kier alpha value is -3.09. The number of carbonyl (C=O) groups excluding carboxylic acids is 1. The maximum Gasteiger partial charge on any atom is 0.272 e. The number of hydrogen-bond acceptors (Lipinski definition) is 6. The molecule has 0 bridgehead atoms. The summed E-state index contributed by atoms with van der Waals surface area (Å²) >= 11 is 0. The lowest BCUT2D eigenvalue weighted by Gasteiger charge is -2.36. The van der Waals surface area contributed by atoms with E-state index in [2.05, 4.69) is 38.5 Å². The fraction of sp³-hybridized carbons (Fsp3) is 0.500. The minimum Gasteiger partial charge on any atom is -0.360 e. The van der Waals surface area contributed by atoms with Crippen LogP contribution in [0.15, 0.2) is 43.0 Å². The average Bonchev–Trinajstić information content (AvgIpc) is 3.78. The third kappa shape index (κ3) is 3.94. The predicted octanol–water partition coefficient (Wildman–Crippen LogP) is 3.42. The van der Waals surface area contributed by atoms with Gasteiger partial charge in [-0.3, -0.25) is 4.79 Å². The second-order valence-electron chi connectivity index (χ2n) is 9.90. The molecule has 4 heterocycles. The number of aromatic nitrogens is 2. The van der Waals surface area contributed by atoms with Crippen molar-refractivity contribution < 1.29 is 4.79 Å². The lowest BCUT2D eigenvalue weighted by atomic mass is 10.1. The summed E-state index contributed by atoms with van der Waals surface area (Å²) in [5.74, 6) is 3.54. The van der Waals surface area contributed by atoms with Gasteiger partial charge in [-0.2, -0.15) is 0 Å². The number of anilines is 2. The van der Waals surface area contributed by atoms with Gasteiger partial charge in [0.2, 0.25) is 0 Å². The predicted molar refractivity (Wildman–Crippen MR) is 130 cm³/mol. The Morgan fingerprint density at radius 3 is 2.30 bits per heavy atom. The van der Waals surface area contributed by atoms with E-state index in [0.717, 1.165) is 49.4 Å². The van der Waals surface area contributed by atoms with Crippen LogP contribution < -0.4 is 9.80 Å². The van der Waals surface area contributed by atoms with Gasteiger partial charge in [0, 0.05) is 52.5 Å². The van der Waals surface area contributed by atoms with Gasteiger partial charge in [-0.05, 0) is 60.8 Å². The summed E-state index contributed by atoms with van der Waals surface area (Å²) in [6, 6.07) is 6.25. The molecule has 4 aliphatic rings. The Bertz CT molecular complexity index is 1070. The molecule has 2 aliphatic carbocycles. The zero-order chi connectivity index (χ0) is 22.5. The molecular formula is C26H32N6O. The van der Waals surface area contributed by atoms with Crippen LogP contribution in [0.4, 0.5) is 11.5 Å². The average molecular weight is 445 g/mol. The highest BCUT2D eigenvalue weighted by Gasteiger charge is 2.33. The molecule has 0 aromatic carbocycles. The van der Waals surface area contributed by atoms with Crippen LogP contribution in [0.1, 0.15) is 59.1 Å². The van der Waals surface area contributed by atoms with Gasteiger partial charge in [-0.25, -0.2) is 9.97 Å². The largest absolute Gasteiger partial charge is 0.360 e. The molecule has 172 valence electrons. The fourth-order valence-electron chi connectivity index (χ4n) is 5.04. The zero-order valence-corrected chi connectivity index (χ0v) is 19.4. The van der Waals surface area contributed by atoms with Gasteiger partial charge >= 0.3 is 0 Å². The Balaban J connectivity index is 1.11. The van der Waals surface area contributed by atoms with E-state index >= 15 is 0 Å². The monoisotopic (exact) mass is 444 g/mol. The van der Waals surface area contributed by atoms with E-state index in [4.69, 9.17) is 4.98 Å². The van der Waals surface area contributed by atoms with Crippen LogP contribution in [0.3, 0.4) is 0 Å². The normalized spacial score (nSPS) is 21.2. The van der Waals surface area contributed by atoms with Crippen molar-refractivity contribution in [3.63, 3.8) is 0 Å². The molecule has 0 N–H and O–H groups in total. The molecule has 0 spiro atoms. The summed E-state index contributed by atoms with van der Waals surface area (Å²) in [5, 5.41) is 0. The lowest BCUT2D eigenvalue weighted by Crippen LogP contribution is -2.49. The molecule has 6 rings (SSSR count). The van der Waals surface area contributed by atoms with E-state index in [1.165, 1.54) is 36.8 Å². The number of pyridine rings is 2. The highest BCUT2D eigenvalue weighted by Crippen LogP contribution is 2.47. The molecule has 2 aromatic heterocycles. The number of nitrogens with zero attached hydrogens (tertiary/aromatic N) is 6. The van der Waals surface area contributed by atoms with Crippen LogP contribution >= 0.6 is 0 Å². The van der Waals surface area contributed by atoms with Gasteiger partial charge in [0.05, 0.1) is 11.9 Å². The number of hydrogen-bond donors (Lipinski definition) is 0. The highest BCUT2D eigenvalue weighted by molar-refractivity contribution is 5.92. The smallest absolute Gasteiger partial charge is 0.272 e. The third-order valence-corrected chi connectivity index (χ3v) is 7.54. The molecule has 0 radical (unpaired) electrons. The molecule has 2 saturated carbocycles. The Morgan fingerprint density at radius 2 is 1.70 bits per heavy atom. The minimum atomic E-state index is 0.0121. The van der Waals surface area contributed by atoms with Crippen molar-refractivity contribution in [2.24, 2.45) is 0 Å². The van der Waals surface area contributed by atoms with Crippen LogP contribution in [-0.2, 0) is 0 Å². The summed E-state index contributed by atoms with van der Waals surface area (Å²) in [7, 11) is 2.04. The van der Waals surface area contributed by atoms with Crippen LogP contribution in [0, 0.1) is 0 Å². The number of likely N-dealkylation sites (N-methyl/N-ethyl adjacent to an activating group) is 1. The van der Waals surface area contributed by atoms with Crippen molar-refractivity contribution in [3.8, 4) is 0 Å². The van der Waals surface area contributed by atoms with E-state index in [9.17, 15) is 4.79 Å². The molecule has 7 nitrogen and oxygen atoms in total. The molecule has 2 saturated heterocycles. The topological polar surface area (TPSA) is 55.8 Å². The van der Waals surface area contributed by atoms with Crippen molar-refractivity contribution in [1.82, 2.24) is 19.8 Å². The van der Waals surface area contributed by atoms with E-state index in [0.29, 0.717) is 24.7 Å². The first-order valence-corrected chi connectivity index (χ1v) is 12.3. The number of piperazine rings is 1. The molecule has 0 unspecified atom stereocenters. The number of carbonyl (C=O) groups is 1. The summed E-state index contributed by atoms with van der Waals surface area (Å²) in [4.78, 5) is 31.1. The quantitative estimate of drug-likeness (QED) is 0.705. The number of amides is 1. The Labute approximate surface area is 195 Å². The van der Waals surface area contributed by atoms with Gasteiger partial charge in [0.25, 0.3) is 5.91 Å². The van der Waals surface area contributed by atoms with Gasteiger partial charge in [-0.1, -0.05) is 12.6 Å². The zero-order valence-electron chi connectivity index (χ0n) is 19.4. The lowest BCUT2D eigenvalue weighted by molar-refractivity contribution is 0.0740.